The fraction of sp³-hybridized carbons (Fsp3) is 1.00. The van der Waals surface area contributed by atoms with Gasteiger partial charge in [-0.1, -0.05) is 6.92 Å². The highest BCUT2D eigenvalue weighted by Crippen LogP contribution is 2.20. The van der Waals surface area contributed by atoms with Crippen LogP contribution < -0.4 is 10.0 Å². The van der Waals surface area contributed by atoms with Crippen LogP contribution in [-0.4, -0.2) is 32.8 Å². The van der Waals surface area contributed by atoms with Gasteiger partial charge < -0.3 is 5.32 Å². The Morgan fingerprint density at radius 2 is 2.14 bits per heavy atom. The number of hydrogen-bond donors (Lipinski definition) is 2. The Bertz CT molecular complexity index is 269. The van der Waals surface area contributed by atoms with E-state index in [1.165, 1.54) is 0 Å². The molecule has 1 aliphatic heterocycles. The number of hydrogen-bond acceptors (Lipinski definition) is 3. The van der Waals surface area contributed by atoms with Crippen LogP contribution in [-0.2, 0) is 10.0 Å². The van der Waals surface area contributed by atoms with Crippen molar-refractivity contribution in [1.29, 1.82) is 0 Å². The van der Waals surface area contributed by atoms with Gasteiger partial charge in [0.2, 0.25) is 10.0 Å². The van der Waals surface area contributed by atoms with Crippen molar-refractivity contribution in [1.82, 2.24) is 10.0 Å². The van der Waals surface area contributed by atoms with Gasteiger partial charge >= 0.3 is 0 Å². The molecular formula is C9H20N2O2S. The Kier molecular flexibility index (Phi) is 3.92. The average molecular weight is 220 g/mol. The maximum atomic E-state index is 11.5. The lowest BCUT2D eigenvalue weighted by atomic mass is 9.89. The van der Waals surface area contributed by atoms with Crippen molar-refractivity contribution in [3.63, 3.8) is 0 Å². The van der Waals surface area contributed by atoms with E-state index in [0.29, 0.717) is 0 Å². The molecule has 0 saturated carbocycles. The summed E-state index contributed by atoms with van der Waals surface area (Å²) in [5.74, 6) is 0.161. The molecule has 1 rings (SSSR count). The van der Waals surface area contributed by atoms with Gasteiger partial charge in [-0.3, -0.25) is 0 Å². The van der Waals surface area contributed by atoms with Crippen LogP contribution in [0.25, 0.3) is 0 Å². The summed E-state index contributed by atoms with van der Waals surface area (Å²) in [6.07, 6.45) is 2.83. The molecule has 5 heteroatoms. The standard InChI is InChI=1S/C9H20N2O2S/c1-3-9(6-5-7-10-8-9)11-14(12,13)4-2/h10-11H,3-8H2,1-2H3. The normalized spacial score (nSPS) is 29.0. The summed E-state index contributed by atoms with van der Waals surface area (Å²) in [4.78, 5) is 0. The molecule has 1 unspecified atom stereocenters. The number of piperidine rings is 1. The first-order valence-electron chi connectivity index (χ1n) is 5.26. The first-order chi connectivity index (χ1) is 6.54. The van der Waals surface area contributed by atoms with Gasteiger partial charge in [0.25, 0.3) is 0 Å². The maximum absolute atomic E-state index is 11.5. The van der Waals surface area contributed by atoms with E-state index in [2.05, 4.69) is 10.0 Å². The summed E-state index contributed by atoms with van der Waals surface area (Å²) in [6.45, 7) is 5.45. The molecule has 0 radical (unpaired) electrons. The fourth-order valence-electron chi connectivity index (χ4n) is 1.83. The molecular weight excluding hydrogens is 200 g/mol. The first kappa shape index (κ1) is 11.9. The number of sulfonamides is 1. The van der Waals surface area contributed by atoms with E-state index in [1.54, 1.807) is 6.92 Å². The van der Waals surface area contributed by atoms with Gasteiger partial charge in [-0.2, -0.15) is 0 Å². The van der Waals surface area contributed by atoms with E-state index >= 15 is 0 Å². The van der Waals surface area contributed by atoms with E-state index in [0.717, 1.165) is 32.4 Å². The van der Waals surface area contributed by atoms with Crippen molar-refractivity contribution in [3.05, 3.63) is 0 Å². The second-order valence-corrected chi connectivity index (χ2v) is 5.93. The van der Waals surface area contributed by atoms with Crippen molar-refractivity contribution in [3.8, 4) is 0 Å². The number of nitrogens with one attached hydrogen (secondary N) is 2. The first-order valence-corrected chi connectivity index (χ1v) is 6.91. The summed E-state index contributed by atoms with van der Waals surface area (Å²) in [5, 5.41) is 3.25. The van der Waals surface area contributed by atoms with Crippen LogP contribution in [0.3, 0.4) is 0 Å². The quantitative estimate of drug-likeness (QED) is 0.723. The van der Waals surface area contributed by atoms with Crippen LogP contribution in [0.4, 0.5) is 0 Å². The molecule has 1 aliphatic rings. The summed E-state index contributed by atoms with van der Waals surface area (Å²) in [5.41, 5.74) is -0.243. The lowest BCUT2D eigenvalue weighted by Gasteiger charge is -2.37. The predicted molar refractivity (Wildman–Crippen MR) is 57.7 cm³/mol. The van der Waals surface area contributed by atoms with Crippen LogP contribution in [0.5, 0.6) is 0 Å². The third kappa shape index (κ3) is 2.93. The van der Waals surface area contributed by atoms with Crippen molar-refractivity contribution in [2.75, 3.05) is 18.8 Å². The van der Waals surface area contributed by atoms with E-state index in [4.69, 9.17) is 0 Å². The molecule has 0 aromatic rings. The van der Waals surface area contributed by atoms with E-state index < -0.39 is 10.0 Å². The minimum Gasteiger partial charge on any atom is -0.315 e. The van der Waals surface area contributed by atoms with Crippen LogP contribution in [0.1, 0.15) is 33.1 Å². The average Bonchev–Trinajstić information content (AvgIpc) is 2.19. The van der Waals surface area contributed by atoms with Crippen molar-refractivity contribution < 1.29 is 8.42 Å². The predicted octanol–water partition coefficient (Wildman–Crippen LogP) is 0.458. The van der Waals surface area contributed by atoms with Crippen molar-refractivity contribution >= 4 is 10.0 Å². The Hall–Kier alpha value is -0.130. The molecule has 2 N–H and O–H groups in total. The van der Waals surface area contributed by atoms with Gasteiger partial charge in [0.15, 0.2) is 0 Å². The molecule has 14 heavy (non-hydrogen) atoms. The lowest BCUT2D eigenvalue weighted by molar-refractivity contribution is 0.278. The second-order valence-electron chi connectivity index (χ2n) is 3.92. The molecule has 1 atom stereocenters. The third-order valence-electron chi connectivity index (χ3n) is 2.90. The molecule has 4 nitrogen and oxygen atoms in total. The van der Waals surface area contributed by atoms with Gasteiger partial charge in [-0.15, -0.1) is 0 Å². The highest BCUT2D eigenvalue weighted by molar-refractivity contribution is 7.89. The van der Waals surface area contributed by atoms with Crippen LogP contribution in [0, 0.1) is 0 Å². The third-order valence-corrected chi connectivity index (χ3v) is 4.41. The van der Waals surface area contributed by atoms with Gasteiger partial charge in [-0.25, -0.2) is 13.1 Å². The van der Waals surface area contributed by atoms with E-state index in [9.17, 15) is 8.42 Å². The zero-order valence-corrected chi connectivity index (χ0v) is 9.78. The lowest BCUT2D eigenvalue weighted by Crippen LogP contribution is -2.57. The minimum absolute atomic E-state index is 0.161. The van der Waals surface area contributed by atoms with Crippen molar-refractivity contribution in [2.24, 2.45) is 0 Å². The molecule has 1 saturated heterocycles. The molecule has 0 spiro atoms. The zero-order valence-electron chi connectivity index (χ0n) is 8.97. The highest BCUT2D eigenvalue weighted by atomic mass is 32.2. The molecule has 1 heterocycles. The van der Waals surface area contributed by atoms with Gasteiger partial charge in [0.05, 0.1) is 5.75 Å². The summed E-state index contributed by atoms with van der Waals surface area (Å²) in [6, 6.07) is 0. The summed E-state index contributed by atoms with van der Waals surface area (Å²) < 4.78 is 25.8. The van der Waals surface area contributed by atoms with Gasteiger partial charge in [0.1, 0.15) is 0 Å². The summed E-state index contributed by atoms with van der Waals surface area (Å²) in [7, 11) is -3.08. The molecule has 0 amide bonds. The highest BCUT2D eigenvalue weighted by Gasteiger charge is 2.33. The molecule has 0 aromatic heterocycles. The van der Waals surface area contributed by atoms with E-state index in [-0.39, 0.29) is 11.3 Å². The van der Waals surface area contributed by atoms with Crippen LogP contribution >= 0.6 is 0 Å². The van der Waals surface area contributed by atoms with Gasteiger partial charge in [-0.05, 0) is 32.7 Å². The minimum atomic E-state index is -3.08. The van der Waals surface area contributed by atoms with Crippen molar-refractivity contribution in [2.45, 2.75) is 38.6 Å². The largest absolute Gasteiger partial charge is 0.315 e. The molecule has 0 bridgehead atoms. The zero-order chi connectivity index (χ0) is 10.7. The second kappa shape index (κ2) is 4.59. The Balaban J connectivity index is 2.70. The van der Waals surface area contributed by atoms with E-state index in [1.807, 2.05) is 6.92 Å². The van der Waals surface area contributed by atoms with Gasteiger partial charge in [0, 0.05) is 12.1 Å². The Morgan fingerprint density at radius 3 is 2.57 bits per heavy atom. The maximum Gasteiger partial charge on any atom is 0.211 e. The Labute approximate surface area is 86.5 Å². The fourth-order valence-corrected chi connectivity index (χ4v) is 2.95. The molecule has 0 aromatic carbocycles. The van der Waals surface area contributed by atoms with Crippen LogP contribution in [0.2, 0.25) is 0 Å². The SMILES string of the molecule is CCC1(NS(=O)(=O)CC)CCCNC1. The Morgan fingerprint density at radius 1 is 1.43 bits per heavy atom. The van der Waals surface area contributed by atoms with Crippen LogP contribution in [0.15, 0.2) is 0 Å². The monoisotopic (exact) mass is 220 g/mol. The number of rotatable bonds is 4. The molecule has 84 valence electrons. The molecule has 1 fully saturated rings. The topological polar surface area (TPSA) is 58.2 Å². The smallest absolute Gasteiger partial charge is 0.211 e. The summed E-state index contributed by atoms with van der Waals surface area (Å²) >= 11 is 0. The molecule has 0 aliphatic carbocycles.